The third kappa shape index (κ3) is 4.21. The number of aromatic hydroxyl groups is 1. The van der Waals surface area contributed by atoms with Gasteiger partial charge >= 0.3 is 0 Å². The number of nitrogens with zero attached hydrogens (tertiary/aromatic N) is 2. The summed E-state index contributed by atoms with van der Waals surface area (Å²) in [6.07, 6.45) is 2.85. The highest BCUT2D eigenvalue weighted by molar-refractivity contribution is 7.13. The number of benzene rings is 1. The first-order chi connectivity index (χ1) is 13.8. The molecule has 30 heavy (non-hydrogen) atoms. The van der Waals surface area contributed by atoms with Crippen molar-refractivity contribution in [3.63, 3.8) is 0 Å². The Morgan fingerprint density at radius 3 is 2.03 bits per heavy atom. The molecule has 0 aliphatic heterocycles. The molecule has 0 bridgehead atoms. The van der Waals surface area contributed by atoms with Gasteiger partial charge in [-0.1, -0.05) is 41.5 Å². The third-order valence-electron chi connectivity index (χ3n) is 5.51. The van der Waals surface area contributed by atoms with Gasteiger partial charge in [0, 0.05) is 35.3 Å². The van der Waals surface area contributed by atoms with E-state index in [0.717, 1.165) is 11.1 Å². The first kappa shape index (κ1) is 22.3. The van der Waals surface area contributed by atoms with E-state index >= 15 is 0 Å². The molecule has 0 spiro atoms. The summed E-state index contributed by atoms with van der Waals surface area (Å²) in [4.78, 5) is 31.9. The number of likely N-dealkylation sites (N-methyl/N-ethyl adjacent to an activating group) is 1. The zero-order valence-electron chi connectivity index (χ0n) is 18.8. The Hall–Kier alpha value is -2.41. The summed E-state index contributed by atoms with van der Waals surface area (Å²) in [6.45, 7) is 12.0. The zero-order chi connectivity index (χ0) is 22.5. The van der Waals surface area contributed by atoms with Crippen molar-refractivity contribution in [2.75, 3.05) is 11.9 Å². The van der Waals surface area contributed by atoms with Crippen LogP contribution in [-0.2, 0) is 15.6 Å². The molecule has 0 radical (unpaired) electrons. The Labute approximate surface area is 182 Å². The van der Waals surface area contributed by atoms with Gasteiger partial charge in [-0.3, -0.25) is 14.5 Å². The van der Waals surface area contributed by atoms with E-state index in [0.29, 0.717) is 23.5 Å². The zero-order valence-corrected chi connectivity index (χ0v) is 19.6. The van der Waals surface area contributed by atoms with Crippen LogP contribution in [0, 0.1) is 0 Å². The second-order valence-corrected chi connectivity index (χ2v) is 11.0. The molecular formula is C23H31N3O3S. The van der Waals surface area contributed by atoms with Crippen LogP contribution in [0.2, 0.25) is 0 Å². The average Bonchev–Trinajstić information content (AvgIpc) is 3.20. The number of amides is 2. The van der Waals surface area contributed by atoms with Gasteiger partial charge in [-0.15, -0.1) is 11.3 Å². The first-order valence-corrected chi connectivity index (χ1v) is 11.0. The molecule has 1 aliphatic carbocycles. The molecule has 3 rings (SSSR count). The molecule has 1 aliphatic rings. The maximum Gasteiger partial charge on any atom is 0.254 e. The SMILES string of the molecule is CN(C(=O)C1(NC(=O)c2cc(C(C)(C)C)c(O)c(C(C)(C)C)c2)CC1)c1nccs1. The highest BCUT2D eigenvalue weighted by Gasteiger charge is 2.53. The lowest BCUT2D eigenvalue weighted by molar-refractivity contribution is -0.121. The van der Waals surface area contributed by atoms with Gasteiger partial charge in [0.25, 0.3) is 11.8 Å². The Balaban J connectivity index is 1.93. The predicted molar refractivity (Wildman–Crippen MR) is 120 cm³/mol. The summed E-state index contributed by atoms with van der Waals surface area (Å²) in [5.74, 6) is -0.228. The molecule has 0 unspecified atom stereocenters. The minimum Gasteiger partial charge on any atom is -0.507 e. The number of thiazole rings is 1. The summed E-state index contributed by atoms with van der Waals surface area (Å²) < 4.78 is 0. The van der Waals surface area contributed by atoms with Crippen molar-refractivity contribution in [2.24, 2.45) is 0 Å². The fourth-order valence-electron chi connectivity index (χ4n) is 3.51. The van der Waals surface area contributed by atoms with Crippen LogP contribution < -0.4 is 10.2 Å². The number of carbonyl (C=O) groups is 2. The molecule has 1 saturated carbocycles. The molecular weight excluding hydrogens is 398 g/mol. The largest absolute Gasteiger partial charge is 0.507 e. The number of hydrogen-bond acceptors (Lipinski definition) is 5. The van der Waals surface area contributed by atoms with Crippen LogP contribution in [0.1, 0.15) is 75.9 Å². The van der Waals surface area contributed by atoms with Crippen molar-refractivity contribution in [1.82, 2.24) is 10.3 Å². The highest BCUT2D eigenvalue weighted by Crippen LogP contribution is 2.41. The van der Waals surface area contributed by atoms with Gasteiger partial charge in [-0.25, -0.2) is 4.98 Å². The minimum atomic E-state index is -0.890. The second kappa shape index (κ2) is 7.38. The fourth-order valence-corrected chi connectivity index (χ4v) is 4.11. The van der Waals surface area contributed by atoms with Gasteiger partial charge in [0.1, 0.15) is 11.3 Å². The molecule has 2 N–H and O–H groups in total. The molecule has 1 aromatic carbocycles. The lowest BCUT2D eigenvalue weighted by atomic mass is 9.78. The predicted octanol–water partition coefficient (Wildman–Crippen LogP) is 4.37. The van der Waals surface area contributed by atoms with Crippen molar-refractivity contribution < 1.29 is 14.7 Å². The van der Waals surface area contributed by atoms with E-state index in [1.54, 1.807) is 25.4 Å². The van der Waals surface area contributed by atoms with Crippen LogP contribution in [0.25, 0.3) is 0 Å². The van der Waals surface area contributed by atoms with E-state index in [4.69, 9.17) is 0 Å². The van der Waals surface area contributed by atoms with Crippen LogP contribution >= 0.6 is 11.3 Å². The summed E-state index contributed by atoms with van der Waals surface area (Å²) >= 11 is 1.38. The number of hydrogen-bond donors (Lipinski definition) is 2. The van der Waals surface area contributed by atoms with Crippen LogP contribution in [0.15, 0.2) is 23.7 Å². The quantitative estimate of drug-likeness (QED) is 0.756. The number of nitrogens with one attached hydrogen (secondary N) is 1. The minimum absolute atomic E-state index is 0.156. The molecule has 2 amide bonds. The molecule has 0 saturated heterocycles. The first-order valence-electron chi connectivity index (χ1n) is 10.1. The molecule has 162 valence electrons. The molecule has 2 aromatic rings. The molecule has 6 nitrogen and oxygen atoms in total. The number of phenolic OH excluding ortho intramolecular Hbond substituents is 1. The summed E-state index contributed by atoms with van der Waals surface area (Å²) in [5.41, 5.74) is 0.335. The molecule has 0 atom stereocenters. The van der Waals surface area contributed by atoms with Crippen molar-refractivity contribution in [3.05, 3.63) is 40.4 Å². The molecule has 1 aromatic heterocycles. The van der Waals surface area contributed by atoms with Crippen molar-refractivity contribution in [1.29, 1.82) is 0 Å². The summed E-state index contributed by atoms with van der Waals surface area (Å²) in [7, 11) is 1.68. The number of anilines is 1. The van der Waals surface area contributed by atoms with Gasteiger partial charge in [-0.2, -0.15) is 0 Å². The van der Waals surface area contributed by atoms with E-state index < -0.39 is 5.54 Å². The number of phenols is 1. The topological polar surface area (TPSA) is 82.5 Å². The Bertz CT molecular complexity index is 930. The number of carbonyl (C=O) groups excluding carboxylic acids is 2. The van der Waals surface area contributed by atoms with Crippen LogP contribution in [0.3, 0.4) is 0 Å². The van der Waals surface area contributed by atoms with Gasteiger partial charge < -0.3 is 10.4 Å². The summed E-state index contributed by atoms with van der Waals surface area (Å²) in [5, 5.41) is 16.3. The lowest BCUT2D eigenvalue weighted by Gasteiger charge is -2.28. The van der Waals surface area contributed by atoms with Gasteiger partial charge in [-0.05, 0) is 35.8 Å². The average molecular weight is 430 g/mol. The maximum atomic E-state index is 13.2. The van der Waals surface area contributed by atoms with Gasteiger partial charge in [0.15, 0.2) is 5.13 Å². The van der Waals surface area contributed by atoms with E-state index in [-0.39, 0.29) is 28.4 Å². The smallest absolute Gasteiger partial charge is 0.254 e. The maximum absolute atomic E-state index is 13.2. The monoisotopic (exact) mass is 429 g/mol. The van der Waals surface area contributed by atoms with E-state index in [9.17, 15) is 14.7 Å². The van der Waals surface area contributed by atoms with Crippen molar-refractivity contribution in [3.8, 4) is 5.75 Å². The van der Waals surface area contributed by atoms with Gasteiger partial charge in [0.2, 0.25) is 0 Å². The van der Waals surface area contributed by atoms with Crippen LogP contribution in [0.4, 0.5) is 5.13 Å². The Morgan fingerprint density at radius 1 is 1.10 bits per heavy atom. The van der Waals surface area contributed by atoms with E-state index in [1.807, 2.05) is 46.9 Å². The van der Waals surface area contributed by atoms with Gasteiger partial charge in [0.05, 0.1) is 0 Å². The second-order valence-electron chi connectivity index (χ2n) is 10.1. The van der Waals surface area contributed by atoms with E-state index in [1.165, 1.54) is 16.2 Å². The van der Waals surface area contributed by atoms with Crippen LogP contribution in [0.5, 0.6) is 5.75 Å². The van der Waals surface area contributed by atoms with E-state index in [2.05, 4.69) is 10.3 Å². The van der Waals surface area contributed by atoms with Crippen molar-refractivity contribution in [2.45, 2.75) is 70.8 Å². The molecule has 7 heteroatoms. The Morgan fingerprint density at radius 2 is 1.63 bits per heavy atom. The fraction of sp³-hybridized carbons (Fsp3) is 0.522. The van der Waals surface area contributed by atoms with Crippen molar-refractivity contribution >= 4 is 28.3 Å². The third-order valence-corrected chi connectivity index (χ3v) is 6.36. The normalized spacial score (nSPS) is 15.6. The highest BCUT2D eigenvalue weighted by atomic mass is 32.1. The number of rotatable bonds is 4. The number of aromatic nitrogens is 1. The standard InChI is InChI=1S/C23H31N3O3S/c1-21(2,3)15-12-14(13-16(17(15)27)22(4,5)6)18(28)25-23(8-9-23)19(29)26(7)20-24-10-11-30-20/h10-13,27H,8-9H2,1-7H3,(H,25,28). The molecule has 1 heterocycles. The summed E-state index contributed by atoms with van der Waals surface area (Å²) in [6, 6.07) is 3.48. The van der Waals surface area contributed by atoms with Crippen LogP contribution in [-0.4, -0.2) is 34.5 Å². The molecule has 1 fully saturated rings. The lowest BCUT2D eigenvalue weighted by Crippen LogP contribution is -2.49. The Kier molecular flexibility index (Phi) is 5.48.